The van der Waals surface area contributed by atoms with Gasteiger partial charge >= 0.3 is 0 Å². The molecule has 3 rings (SSSR count). The summed E-state index contributed by atoms with van der Waals surface area (Å²) in [5.41, 5.74) is 1.08. The summed E-state index contributed by atoms with van der Waals surface area (Å²) in [5.74, 6) is 0.657. The molecule has 0 N–H and O–H groups in total. The Kier molecular flexibility index (Phi) is 5.88. The molecule has 3 atom stereocenters. The van der Waals surface area contributed by atoms with Crippen molar-refractivity contribution in [2.75, 3.05) is 41.0 Å². The van der Waals surface area contributed by atoms with Crippen LogP contribution >= 0.6 is 0 Å². The number of nitrogens with zero attached hydrogens (tertiary/aromatic N) is 3. The summed E-state index contributed by atoms with van der Waals surface area (Å²) >= 11 is 0. The first-order valence-corrected chi connectivity index (χ1v) is 8.75. The summed E-state index contributed by atoms with van der Waals surface area (Å²) in [4.78, 5) is 20.0. The average molecular weight is 349 g/mol. The Morgan fingerprint density at radius 3 is 3.04 bits per heavy atom. The van der Waals surface area contributed by atoms with Gasteiger partial charge in [-0.25, -0.2) is 4.98 Å². The van der Waals surface area contributed by atoms with Crippen LogP contribution in [-0.2, 0) is 20.8 Å². The fourth-order valence-corrected chi connectivity index (χ4v) is 3.62. The van der Waals surface area contributed by atoms with Crippen LogP contribution in [0.4, 0.5) is 0 Å². The Balaban J connectivity index is 1.62. The minimum atomic E-state index is -0.0208. The maximum absolute atomic E-state index is 11.8. The van der Waals surface area contributed by atoms with E-state index >= 15 is 0 Å². The molecule has 7 nitrogen and oxygen atoms in total. The molecule has 1 aliphatic carbocycles. The van der Waals surface area contributed by atoms with Crippen molar-refractivity contribution in [1.82, 2.24) is 14.8 Å². The number of fused-ring (bicyclic) bond motifs is 1. The van der Waals surface area contributed by atoms with Gasteiger partial charge in [0.2, 0.25) is 11.8 Å². The number of rotatable bonds is 6. The van der Waals surface area contributed by atoms with Crippen LogP contribution < -0.4 is 4.74 Å². The molecule has 0 radical (unpaired) electrons. The van der Waals surface area contributed by atoms with E-state index in [2.05, 4.69) is 16.0 Å². The Morgan fingerprint density at radius 1 is 1.44 bits per heavy atom. The van der Waals surface area contributed by atoms with E-state index in [1.165, 1.54) is 0 Å². The second-order valence-electron chi connectivity index (χ2n) is 6.76. The zero-order valence-electron chi connectivity index (χ0n) is 15.2. The smallest absolute Gasteiger partial charge is 0.248 e. The van der Waals surface area contributed by atoms with E-state index < -0.39 is 0 Å². The number of aromatic nitrogens is 1. The lowest BCUT2D eigenvalue weighted by molar-refractivity contribution is -0.144. The molecular weight excluding hydrogens is 322 g/mol. The predicted molar refractivity (Wildman–Crippen MR) is 92.4 cm³/mol. The van der Waals surface area contributed by atoms with Gasteiger partial charge in [-0.15, -0.1) is 0 Å². The average Bonchev–Trinajstić information content (AvgIpc) is 3.04. The minimum absolute atomic E-state index is 0.0174. The number of ether oxygens (including phenoxy) is 3. The van der Waals surface area contributed by atoms with E-state index in [4.69, 9.17) is 14.2 Å². The molecule has 2 aliphatic rings. The summed E-state index contributed by atoms with van der Waals surface area (Å²) < 4.78 is 17.2. The fourth-order valence-electron chi connectivity index (χ4n) is 3.62. The number of carbonyl (C=O) groups is 1. The molecule has 138 valence electrons. The van der Waals surface area contributed by atoms with Gasteiger partial charge in [0, 0.05) is 45.0 Å². The summed E-state index contributed by atoms with van der Waals surface area (Å²) in [7, 11) is 5.13. The van der Waals surface area contributed by atoms with Crippen molar-refractivity contribution in [3.05, 3.63) is 23.9 Å². The molecule has 0 bridgehead atoms. The summed E-state index contributed by atoms with van der Waals surface area (Å²) in [6, 6.07) is 4.29. The van der Waals surface area contributed by atoms with E-state index in [1.807, 2.05) is 6.07 Å². The van der Waals surface area contributed by atoms with Gasteiger partial charge < -0.3 is 19.1 Å². The Morgan fingerprint density at radius 2 is 2.28 bits per heavy atom. The summed E-state index contributed by atoms with van der Waals surface area (Å²) in [6.45, 7) is 2.44. The maximum Gasteiger partial charge on any atom is 0.248 e. The number of hydrogen-bond acceptors (Lipinski definition) is 6. The minimum Gasteiger partial charge on any atom is -0.481 e. The zero-order valence-corrected chi connectivity index (χ0v) is 15.2. The van der Waals surface area contributed by atoms with Gasteiger partial charge in [0.15, 0.2) is 0 Å². The Hall–Kier alpha value is -1.70. The molecule has 1 aromatic heterocycles. The van der Waals surface area contributed by atoms with Crippen molar-refractivity contribution in [3.8, 4) is 5.88 Å². The number of methoxy groups -OCH3 is 1. The standard InChI is InChI=1S/C18H27N3O4/c1-20(2)16(22)12-25-15-7-6-14-17(15)24-10-9-21(14)11-13-5-4-8-19-18(13)23-3/h4-5,8,14-15,17H,6-7,9-12H2,1-3H3/t14-,15+,17+/m0/s1. The number of pyridine rings is 1. The summed E-state index contributed by atoms with van der Waals surface area (Å²) in [5, 5.41) is 0. The first-order valence-electron chi connectivity index (χ1n) is 8.75. The third-order valence-corrected chi connectivity index (χ3v) is 4.99. The molecule has 0 unspecified atom stereocenters. The van der Waals surface area contributed by atoms with Crippen LogP contribution in [0.3, 0.4) is 0 Å². The van der Waals surface area contributed by atoms with Crippen molar-refractivity contribution in [1.29, 1.82) is 0 Å². The largest absolute Gasteiger partial charge is 0.481 e. The lowest BCUT2D eigenvalue weighted by Crippen LogP contribution is -2.51. The predicted octanol–water partition coefficient (Wildman–Crippen LogP) is 0.927. The van der Waals surface area contributed by atoms with Gasteiger partial charge in [-0.05, 0) is 18.9 Å². The number of hydrogen-bond donors (Lipinski definition) is 0. The number of morpholine rings is 1. The number of amides is 1. The Bertz CT molecular complexity index is 595. The van der Waals surface area contributed by atoms with Gasteiger partial charge in [-0.2, -0.15) is 0 Å². The van der Waals surface area contributed by atoms with Crippen molar-refractivity contribution in [3.63, 3.8) is 0 Å². The molecule has 1 amide bonds. The van der Waals surface area contributed by atoms with E-state index in [0.29, 0.717) is 18.5 Å². The van der Waals surface area contributed by atoms with E-state index in [0.717, 1.165) is 31.5 Å². The van der Waals surface area contributed by atoms with E-state index in [-0.39, 0.29) is 24.7 Å². The van der Waals surface area contributed by atoms with Crippen LogP contribution in [0.15, 0.2) is 18.3 Å². The first kappa shape index (κ1) is 18.1. The highest BCUT2D eigenvalue weighted by molar-refractivity contribution is 5.76. The highest BCUT2D eigenvalue weighted by Crippen LogP contribution is 2.33. The van der Waals surface area contributed by atoms with Gasteiger partial charge in [0.05, 0.1) is 25.9 Å². The molecule has 1 saturated heterocycles. The molecule has 1 aliphatic heterocycles. The molecule has 0 spiro atoms. The zero-order chi connectivity index (χ0) is 17.8. The van der Waals surface area contributed by atoms with Crippen molar-refractivity contribution in [2.45, 2.75) is 37.6 Å². The van der Waals surface area contributed by atoms with Crippen LogP contribution in [-0.4, -0.2) is 79.9 Å². The van der Waals surface area contributed by atoms with Gasteiger partial charge in [0.25, 0.3) is 0 Å². The molecule has 7 heteroatoms. The molecule has 0 aromatic carbocycles. The number of carbonyl (C=O) groups excluding carboxylic acids is 1. The molecule has 2 fully saturated rings. The Labute approximate surface area is 148 Å². The van der Waals surface area contributed by atoms with Gasteiger partial charge in [-0.3, -0.25) is 9.69 Å². The topological polar surface area (TPSA) is 64.1 Å². The van der Waals surface area contributed by atoms with Crippen molar-refractivity contribution >= 4 is 5.91 Å². The lowest BCUT2D eigenvalue weighted by atomic mass is 10.1. The second-order valence-corrected chi connectivity index (χ2v) is 6.76. The molecule has 1 saturated carbocycles. The monoisotopic (exact) mass is 349 g/mol. The fraction of sp³-hybridized carbons (Fsp3) is 0.667. The van der Waals surface area contributed by atoms with Crippen LogP contribution in [0.25, 0.3) is 0 Å². The van der Waals surface area contributed by atoms with Crippen molar-refractivity contribution in [2.24, 2.45) is 0 Å². The van der Waals surface area contributed by atoms with E-state index in [9.17, 15) is 4.79 Å². The van der Waals surface area contributed by atoms with E-state index in [1.54, 1.807) is 32.3 Å². The maximum atomic E-state index is 11.8. The molecule has 25 heavy (non-hydrogen) atoms. The lowest BCUT2D eigenvalue weighted by Gasteiger charge is -2.39. The molecular formula is C18H27N3O4. The van der Waals surface area contributed by atoms with Crippen LogP contribution in [0, 0.1) is 0 Å². The molecule has 2 heterocycles. The van der Waals surface area contributed by atoms with Crippen LogP contribution in [0.5, 0.6) is 5.88 Å². The second kappa shape index (κ2) is 8.12. The highest BCUT2D eigenvalue weighted by Gasteiger charge is 2.43. The third-order valence-electron chi connectivity index (χ3n) is 4.99. The molecule has 1 aromatic rings. The number of likely N-dealkylation sites (N-methyl/N-ethyl adjacent to an activating group) is 1. The third kappa shape index (κ3) is 4.11. The normalized spacial score (nSPS) is 26.3. The highest BCUT2D eigenvalue weighted by atomic mass is 16.5. The van der Waals surface area contributed by atoms with Crippen LogP contribution in [0.1, 0.15) is 18.4 Å². The van der Waals surface area contributed by atoms with Crippen LogP contribution in [0.2, 0.25) is 0 Å². The first-order chi connectivity index (χ1) is 12.1. The summed E-state index contributed by atoms with van der Waals surface area (Å²) in [6.07, 6.45) is 3.66. The van der Waals surface area contributed by atoms with Gasteiger partial charge in [0.1, 0.15) is 6.61 Å². The quantitative estimate of drug-likeness (QED) is 0.761. The van der Waals surface area contributed by atoms with Crippen molar-refractivity contribution < 1.29 is 19.0 Å². The SMILES string of the molecule is COc1ncccc1CN1CCO[C@H]2[C@H](OCC(=O)N(C)C)CC[C@@H]21. The van der Waals surface area contributed by atoms with Gasteiger partial charge in [-0.1, -0.05) is 6.07 Å².